The first kappa shape index (κ1) is 26.0. The number of carbonyl (C=O) groups is 2. The van der Waals surface area contributed by atoms with E-state index in [-0.39, 0.29) is 24.4 Å². The molecule has 7 nitrogen and oxygen atoms in total. The SMILES string of the molecule is COc1cc(Br)c([C@@H]2C(C(=O)OC[C@H]3CCCO3)=C(C)NC3=C2C(=O)C[C@@H](c2cccs2)C3)cc1OC. The highest BCUT2D eigenvalue weighted by molar-refractivity contribution is 9.10. The van der Waals surface area contributed by atoms with Gasteiger partial charge in [-0.25, -0.2) is 4.79 Å². The van der Waals surface area contributed by atoms with E-state index in [4.69, 9.17) is 18.9 Å². The maximum atomic E-state index is 13.8. The molecule has 3 atom stereocenters. The van der Waals surface area contributed by atoms with E-state index < -0.39 is 11.9 Å². The van der Waals surface area contributed by atoms with Crippen LogP contribution in [0.5, 0.6) is 11.5 Å². The number of ether oxygens (including phenoxy) is 4. The van der Waals surface area contributed by atoms with Gasteiger partial charge in [0, 0.05) is 51.2 Å². The number of methoxy groups -OCH3 is 2. The van der Waals surface area contributed by atoms with Gasteiger partial charge in [0.1, 0.15) is 6.61 Å². The Balaban J connectivity index is 1.58. The van der Waals surface area contributed by atoms with Crippen molar-refractivity contribution in [1.82, 2.24) is 5.32 Å². The van der Waals surface area contributed by atoms with E-state index >= 15 is 0 Å². The van der Waals surface area contributed by atoms with Crippen molar-refractivity contribution in [3.8, 4) is 11.5 Å². The number of ketones is 1. The summed E-state index contributed by atoms with van der Waals surface area (Å²) in [4.78, 5) is 28.6. The maximum Gasteiger partial charge on any atom is 0.336 e. The number of benzene rings is 1. The van der Waals surface area contributed by atoms with Crippen LogP contribution in [0.25, 0.3) is 0 Å². The zero-order valence-corrected chi connectivity index (χ0v) is 23.5. The minimum Gasteiger partial charge on any atom is -0.493 e. The molecule has 0 spiro atoms. The molecule has 0 saturated carbocycles. The zero-order valence-electron chi connectivity index (χ0n) is 21.1. The Bertz CT molecular complexity index is 1260. The first-order valence-electron chi connectivity index (χ1n) is 12.4. The molecule has 1 N–H and O–H groups in total. The van der Waals surface area contributed by atoms with Crippen LogP contribution in [0.4, 0.5) is 0 Å². The standard InChI is InChI=1S/C28H30BrNO6S/c1-15-25(28(32)36-14-17-6-4-8-35-17)26(18-12-22(33-2)23(34-3)13-19(18)29)27-20(30-15)10-16(11-21(27)31)24-7-5-9-37-24/h5,7,9,12-13,16-17,26,30H,4,6,8,10-11,14H2,1-3H3/t16-,17+,26+/m0/s1. The first-order chi connectivity index (χ1) is 17.9. The molecule has 0 radical (unpaired) electrons. The van der Waals surface area contributed by atoms with Crippen LogP contribution in [-0.4, -0.2) is 45.3 Å². The summed E-state index contributed by atoms with van der Waals surface area (Å²) in [6, 6.07) is 7.74. The summed E-state index contributed by atoms with van der Waals surface area (Å²) >= 11 is 5.34. The summed E-state index contributed by atoms with van der Waals surface area (Å²) in [5.74, 6) is 0.138. The molecule has 1 fully saturated rings. The number of dihydropyridines is 1. The number of thiophene rings is 1. The third-order valence-electron chi connectivity index (χ3n) is 7.23. The third kappa shape index (κ3) is 5.09. The van der Waals surface area contributed by atoms with E-state index in [0.29, 0.717) is 52.3 Å². The molecule has 0 amide bonds. The zero-order chi connectivity index (χ0) is 26.1. The van der Waals surface area contributed by atoms with Crippen LogP contribution in [-0.2, 0) is 19.1 Å². The van der Waals surface area contributed by atoms with E-state index in [2.05, 4.69) is 27.3 Å². The Hall–Kier alpha value is -2.62. The van der Waals surface area contributed by atoms with Crippen molar-refractivity contribution in [1.29, 1.82) is 0 Å². The third-order valence-corrected chi connectivity index (χ3v) is 8.95. The van der Waals surface area contributed by atoms with Gasteiger partial charge in [-0.2, -0.15) is 0 Å². The van der Waals surface area contributed by atoms with Crippen molar-refractivity contribution >= 4 is 39.0 Å². The van der Waals surface area contributed by atoms with Crippen molar-refractivity contribution in [3.05, 3.63) is 67.1 Å². The topological polar surface area (TPSA) is 83.1 Å². The monoisotopic (exact) mass is 587 g/mol. The smallest absolute Gasteiger partial charge is 0.336 e. The van der Waals surface area contributed by atoms with Gasteiger partial charge in [-0.1, -0.05) is 22.0 Å². The minimum absolute atomic E-state index is 0.0239. The largest absolute Gasteiger partial charge is 0.493 e. The molecule has 196 valence electrons. The summed E-state index contributed by atoms with van der Waals surface area (Å²) in [5.41, 5.74) is 3.32. The van der Waals surface area contributed by atoms with Crippen LogP contribution in [0.2, 0.25) is 0 Å². The van der Waals surface area contributed by atoms with Crippen LogP contribution in [0.1, 0.15) is 54.9 Å². The summed E-state index contributed by atoms with van der Waals surface area (Å²) < 4.78 is 23.2. The maximum absolute atomic E-state index is 13.8. The Morgan fingerprint density at radius 2 is 2.00 bits per heavy atom. The second-order valence-corrected chi connectivity index (χ2v) is 11.3. The molecule has 2 aromatic rings. The lowest BCUT2D eigenvalue weighted by Crippen LogP contribution is -2.36. The fourth-order valence-corrected chi connectivity index (χ4v) is 6.84. The van der Waals surface area contributed by atoms with E-state index in [1.54, 1.807) is 25.6 Å². The van der Waals surface area contributed by atoms with Gasteiger partial charge in [0.15, 0.2) is 17.3 Å². The number of nitrogens with one attached hydrogen (secondary N) is 1. The van der Waals surface area contributed by atoms with Crippen molar-refractivity contribution < 1.29 is 28.5 Å². The van der Waals surface area contributed by atoms with Gasteiger partial charge in [-0.15, -0.1) is 11.3 Å². The molecule has 3 heterocycles. The second kappa shape index (κ2) is 11.0. The molecule has 1 aliphatic carbocycles. The van der Waals surface area contributed by atoms with E-state index in [1.165, 1.54) is 4.88 Å². The van der Waals surface area contributed by atoms with Gasteiger partial charge >= 0.3 is 5.97 Å². The number of Topliss-reactive ketones (excluding diaryl/α,β-unsaturated/α-hetero) is 1. The van der Waals surface area contributed by atoms with Crippen LogP contribution < -0.4 is 14.8 Å². The predicted molar refractivity (Wildman–Crippen MR) is 144 cm³/mol. The molecule has 0 unspecified atom stereocenters. The highest BCUT2D eigenvalue weighted by atomic mass is 79.9. The lowest BCUT2D eigenvalue weighted by atomic mass is 9.72. The summed E-state index contributed by atoms with van der Waals surface area (Å²) in [6.45, 7) is 2.74. The van der Waals surface area contributed by atoms with Crippen LogP contribution in [0.3, 0.4) is 0 Å². The number of halogens is 1. The van der Waals surface area contributed by atoms with Crippen LogP contribution >= 0.6 is 27.3 Å². The molecular weight excluding hydrogens is 558 g/mol. The van der Waals surface area contributed by atoms with Crippen molar-refractivity contribution in [3.63, 3.8) is 0 Å². The van der Waals surface area contributed by atoms with Gasteiger partial charge < -0.3 is 24.3 Å². The van der Waals surface area contributed by atoms with E-state index in [9.17, 15) is 9.59 Å². The molecule has 9 heteroatoms. The summed E-state index contributed by atoms with van der Waals surface area (Å²) in [6.07, 6.45) is 2.82. The normalized spacial score (nSPS) is 23.6. The Morgan fingerprint density at radius 3 is 2.68 bits per heavy atom. The van der Waals surface area contributed by atoms with E-state index in [0.717, 1.165) is 24.1 Å². The van der Waals surface area contributed by atoms with Crippen molar-refractivity contribution in [2.45, 2.75) is 50.5 Å². The molecule has 1 aromatic carbocycles. The van der Waals surface area contributed by atoms with Crippen molar-refractivity contribution in [2.75, 3.05) is 27.4 Å². The quantitative estimate of drug-likeness (QED) is 0.421. The highest BCUT2D eigenvalue weighted by Gasteiger charge is 2.42. The van der Waals surface area contributed by atoms with Gasteiger partial charge in [0.2, 0.25) is 0 Å². The minimum atomic E-state index is -0.612. The van der Waals surface area contributed by atoms with Crippen molar-refractivity contribution in [2.24, 2.45) is 0 Å². The van der Waals surface area contributed by atoms with Gasteiger partial charge in [0.05, 0.1) is 25.9 Å². The summed E-state index contributed by atoms with van der Waals surface area (Å²) in [7, 11) is 3.14. The average Bonchev–Trinajstić information content (AvgIpc) is 3.61. The fourth-order valence-electron chi connectivity index (χ4n) is 5.46. The Morgan fingerprint density at radius 1 is 1.22 bits per heavy atom. The molecule has 0 bridgehead atoms. The predicted octanol–water partition coefficient (Wildman–Crippen LogP) is 5.61. The molecule has 1 saturated heterocycles. The fraction of sp³-hybridized carbons (Fsp3) is 0.429. The Kier molecular flexibility index (Phi) is 7.74. The molecule has 37 heavy (non-hydrogen) atoms. The van der Waals surface area contributed by atoms with Gasteiger partial charge in [-0.3, -0.25) is 4.79 Å². The Labute approximate surface area is 228 Å². The number of hydrogen-bond donors (Lipinski definition) is 1. The van der Waals surface area contributed by atoms with Crippen LogP contribution in [0.15, 0.2) is 56.7 Å². The van der Waals surface area contributed by atoms with E-state index in [1.807, 2.05) is 30.5 Å². The number of rotatable bonds is 7. The molecule has 1 aromatic heterocycles. The average molecular weight is 589 g/mol. The van der Waals surface area contributed by atoms with Gasteiger partial charge in [0.25, 0.3) is 0 Å². The molecule has 2 aliphatic heterocycles. The number of carbonyl (C=O) groups excluding carboxylic acids is 2. The first-order valence-corrected chi connectivity index (χ1v) is 14.1. The lowest BCUT2D eigenvalue weighted by molar-refractivity contribution is -0.142. The number of allylic oxidation sites excluding steroid dienone is 3. The molecule has 5 rings (SSSR count). The lowest BCUT2D eigenvalue weighted by Gasteiger charge is -2.37. The number of hydrogen-bond acceptors (Lipinski definition) is 8. The number of esters is 1. The highest BCUT2D eigenvalue weighted by Crippen LogP contribution is 2.49. The molecular formula is C28H30BrNO6S. The second-order valence-electron chi connectivity index (χ2n) is 9.49. The van der Waals surface area contributed by atoms with Gasteiger partial charge in [-0.05, 0) is 55.3 Å². The summed E-state index contributed by atoms with van der Waals surface area (Å²) in [5, 5.41) is 5.45. The van der Waals surface area contributed by atoms with Crippen LogP contribution in [0, 0.1) is 0 Å². The molecule has 3 aliphatic rings.